The first kappa shape index (κ1) is 17.5. The van der Waals surface area contributed by atoms with Gasteiger partial charge in [0.1, 0.15) is 5.75 Å². The van der Waals surface area contributed by atoms with E-state index >= 15 is 0 Å². The van der Waals surface area contributed by atoms with Crippen LogP contribution < -0.4 is 10.1 Å². The van der Waals surface area contributed by atoms with Gasteiger partial charge >= 0.3 is 5.97 Å². The van der Waals surface area contributed by atoms with E-state index in [4.69, 9.17) is 9.84 Å². The molecule has 0 atom stereocenters. The molecule has 2 N–H and O–H groups in total. The van der Waals surface area contributed by atoms with E-state index in [1.54, 1.807) is 24.3 Å². The standard InChI is InChI=1S/C19H21NO4/c1-3-24-15-9-10-17(13(2)12-15)20-18(21)11-8-14-6-4-5-7-16(14)19(22)23/h4-7,9-10,12H,3,8,11H2,1-2H3,(H,20,21)(H,22,23). The third-order valence-electron chi connectivity index (χ3n) is 3.65. The van der Waals surface area contributed by atoms with Crippen LogP contribution in [-0.2, 0) is 11.2 Å². The van der Waals surface area contributed by atoms with Gasteiger partial charge < -0.3 is 15.2 Å². The number of carboxylic acids is 1. The quantitative estimate of drug-likeness (QED) is 0.813. The highest BCUT2D eigenvalue weighted by atomic mass is 16.5. The lowest BCUT2D eigenvalue weighted by atomic mass is 10.0. The molecule has 0 fully saturated rings. The maximum Gasteiger partial charge on any atom is 0.335 e. The number of anilines is 1. The highest BCUT2D eigenvalue weighted by molar-refractivity contribution is 5.92. The maximum atomic E-state index is 12.1. The molecule has 0 heterocycles. The molecule has 0 radical (unpaired) electrons. The Kier molecular flexibility index (Phi) is 5.95. The van der Waals surface area contributed by atoms with Crippen LogP contribution in [0.25, 0.3) is 0 Å². The largest absolute Gasteiger partial charge is 0.494 e. The summed E-state index contributed by atoms with van der Waals surface area (Å²) in [5, 5.41) is 12.0. The summed E-state index contributed by atoms with van der Waals surface area (Å²) in [6, 6.07) is 12.2. The molecular formula is C19H21NO4. The molecule has 5 nitrogen and oxygen atoms in total. The van der Waals surface area contributed by atoms with Crippen molar-refractivity contribution in [2.24, 2.45) is 0 Å². The number of aromatic carboxylic acids is 1. The normalized spacial score (nSPS) is 10.2. The van der Waals surface area contributed by atoms with Gasteiger partial charge in [0.05, 0.1) is 12.2 Å². The summed E-state index contributed by atoms with van der Waals surface area (Å²) >= 11 is 0. The molecule has 2 aromatic carbocycles. The SMILES string of the molecule is CCOc1ccc(NC(=O)CCc2ccccc2C(=O)O)c(C)c1. The van der Waals surface area contributed by atoms with Crippen LogP contribution in [0.5, 0.6) is 5.75 Å². The predicted octanol–water partition coefficient (Wildman–Crippen LogP) is 3.66. The summed E-state index contributed by atoms with van der Waals surface area (Å²) in [6.45, 7) is 4.41. The van der Waals surface area contributed by atoms with Crippen molar-refractivity contribution >= 4 is 17.6 Å². The van der Waals surface area contributed by atoms with Gasteiger partial charge in [-0.15, -0.1) is 0 Å². The minimum atomic E-state index is -0.978. The molecule has 0 aliphatic rings. The number of carbonyl (C=O) groups excluding carboxylic acids is 1. The van der Waals surface area contributed by atoms with Gasteiger partial charge in [-0.3, -0.25) is 4.79 Å². The van der Waals surface area contributed by atoms with Gasteiger partial charge in [0, 0.05) is 12.1 Å². The van der Waals surface area contributed by atoms with Crippen LogP contribution in [0.3, 0.4) is 0 Å². The lowest BCUT2D eigenvalue weighted by Crippen LogP contribution is -2.14. The third-order valence-corrected chi connectivity index (χ3v) is 3.65. The molecule has 0 aliphatic carbocycles. The topological polar surface area (TPSA) is 75.6 Å². The Morgan fingerprint density at radius 1 is 1.17 bits per heavy atom. The van der Waals surface area contributed by atoms with Crippen LogP contribution in [0.15, 0.2) is 42.5 Å². The molecule has 1 amide bonds. The maximum absolute atomic E-state index is 12.1. The first-order chi connectivity index (χ1) is 11.5. The Morgan fingerprint density at radius 3 is 2.58 bits per heavy atom. The Bertz CT molecular complexity index is 740. The van der Waals surface area contributed by atoms with Gasteiger partial charge in [0.15, 0.2) is 0 Å². The van der Waals surface area contributed by atoms with Crippen molar-refractivity contribution in [1.29, 1.82) is 0 Å². The lowest BCUT2D eigenvalue weighted by Gasteiger charge is -2.11. The van der Waals surface area contributed by atoms with E-state index in [-0.39, 0.29) is 17.9 Å². The highest BCUT2D eigenvalue weighted by Gasteiger charge is 2.11. The zero-order valence-corrected chi connectivity index (χ0v) is 13.8. The second-order valence-corrected chi connectivity index (χ2v) is 5.42. The van der Waals surface area contributed by atoms with E-state index < -0.39 is 5.97 Å². The molecule has 24 heavy (non-hydrogen) atoms. The Labute approximate surface area is 141 Å². The van der Waals surface area contributed by atoms with Crippen LogP contribution >= 0.6 is 0 Å². The Morgan fingerprint density at radius 2 is 1.92 bits per heavy atom. The summed E-state index contributed by atoms with van der Waals surface area (Å²) in [5.41, 5.74) is 2.54. The van der Waals surface area contributed by atoms with Gasteiger partial charge in [-0.05, 0) is 55.7 Å². The fraction of sp³-hybridized carbons (Fsp3) is 0.263. The van der Waals surface area contributed by atoms with Gasteiger partial charge in [-0.2, -0.15) is 0 Å². The Balaban J connectivity index is 1.98. The van der Waals surface area contributed by atoms with Gasteiger partial charge in [-0.25, -0.2) is 4.79 Å². The van der Waals surface area contributed by atoms with Crippen molar-refractivity contribution in [2.75, 3.05) is 11.9 Å². The molecule has 0 unspecified atom stereocenters. The third kappa shape index (κ3) is 4.59. The number of ether oxygens (including phenoxy) is 1. The number of hydrogen-bond donors (Lipinski definition) is 2. The molecule has 0 saturated heterocycles. The molecule has 5 heteroatoms. The molecule has 0 spiro atoms. The summed E-state index contributed by atoms with van der Waals surface area (Å²) in [6.07, 6.45) is 0.599. The highest BCUT2D eigenvalue weighted by Crippen LogP contribution is 2.22. The summed E-state index contributed by atoms with van der Waals surface area (Å²) in [5.74, 6) is -0.362. The molecule has 2 rings (SSSR count). The van der Waals surface area contributed by atoms with Crippen LogP contribution in [0.1, 0.15) is 34.8 Å². The number of carbonyl (C=O) groups is 2. The molecule has 0 aromatic heterocycles. The van der Waals surface area contributed by atoms with Crippen LogP contribution in [0.2, 0.25) is 0 Å². The zero-order valence-electron chi connectivity index (χ0n) is 13.8. The van der Waals surface area contributed by atoms with E-state index in [1.165, 1.54) is 0 Å². The van der Waals surface area contributed by atoms with E-state index in [0.717, 1.165) is 17.0 Å². The number of amides is 1. The van der Waals surface area contributed by atoms with Gasteiger partial charge in [-0.1, -0.05) is 18.2 Å². The van der Waals surface area contributed by atoms with Crippen molar-refractivity contribution in [3.8, 4) is 5.75 Å². The molecular weight excluding hydrogens is 306 g/mol. The average Bonchev–Trinajstić information content (AvgIpc) is 2.56. The van der Waals surface area contributed by atoms with E-state index in [2.05, 4.69) is 5.32 Å². The average molecular weight is 327 g/mol. The monoisotopic (exact) mass is 327 g/mol. The first-order valence-electron chi connectivity index (χ1n) is 7.85. The Hall–Kier alpha value is -2.82. The first-order valence-corrected chi connectivity index (χ1v) is 7.85. The van der Waals surface area contributed by atoms with E-state index in [0.29, 0.717) is 18.6 Å². The van der Waals surface area contributed by atoms with Crippen molar-refractivity contribution in [3.05, 3.63) is 59.2 Å². The lowest BCUT2D eigenvalue weighted by molar-refractivity contribution is -0.116. The van der Waals surface area contributed by atoms with E-state index in [9.17, 15) is 9.59 Å². The smallest absolute Gasteiger partial charge is 0.335 e. The van der Waals surface area contributed by atoms with Crippen LogP contribution in [0.4, 0.5) is 5.69 Å². The van der Waals surface area contributed by atoms with Crippen molar-refractivity contribution in [1.82, 2.24) is 0 Å². The molecule has 126 valence electrons. The zero-order chi connectivity index (χ0) is 17.5. The number of rotatable bonds is 7. The molecule has 0 bridgehead atoms. The predicted molar refractivity (Wildman–Crippen MR) is 92.7 cm³/mol. The minimum Gasteiger partial charge on any atom is -0.494 e. The number of aryl methyl sites for hydroxylation is 2. The molecule has 0 saturated carbocycles. The minimum absolute atomic E-state index is 0.151. The van der Waals surface area contributed by atoms with Crippen molar-refractivity contribution in [2.45, 2.75) is 26.7 Å². The van der Waals surface area contributed by atoms with E-state index in [1.807, 2.05) is 32.0 Å². The van der Waals surface area contributed by atoms with Gasteiger partial charge in [0.25, 0.3) is 0 Å². The summed E-state index contributed by atoms with van der Waals surface area (Å²) < 4.78 is 5.42. The number of carboxylic acid groups (broad SMARTS) is 1. The van der Waals surface area contributed by atoms with Crippen LogP contribution in [-0.4, -0.2) is 23.6 Å². The second-order valence-electron chi connectivity index (χ2n) is 5.42. The van der Waals surface area contributed by atoms with Crippen molar-refractivity contribution in [3.63, 3.8) is 0 Å². The van der Waals surface area contributed by atoms with Gasteiger partial charge in [0.2, 0.25) is 5.91 Å². The van der Waals surface area contributed by atoms with Crippen LogP contribution in [0, 0.1) is 6.92 Å². The summed E-state index contributed by atoms with van der Waals surface area (Å²) in [7, 11) is 0. The fourth-order valence-corrected chi connectivity index (χ4v) is 2.44. The van der Waals surface area contributed by atoms with Crippen molar-refractivity contribution < 1.29 is 19.4 Å². The molecule has 0 aliphatic heterocycles. The number of hydrogen-bond acceptors (Lipinski definition) is 3. The second kappa shape index (κ2) is 8.15. The number of benzene rings is 2. The molecule has 2 aromatic rings. The number of nitrogens with one attached hydrogen (secondary N) is 1. The summed E-state index contributed by atoms with van der Waals surface area (Å²) in [4.78, 5) is 23.3. The fourth-order valence-electron chi connectivity index (χ4n) is 2.44.